The lowest BCUT2D eigenvalue weighted by Gasteiger charge is -2.22. The Morgan fingerprint density at radius 1 is 1.23 bits per heavy atom. The first kappa shape index (κ1) is 20.0. The molecule has 1 N–H and O–H groups in total. The van der Waals surface area contributed by atoms with Gasteiger partial charge in [0.15, 0.2) is 0 Å². The Morgan fingerprint density at radius 3 is 2.69 bits per heavy atom. The molecular formula is C22H29NO3. The highest BCUT2D eigenvalue weighted by Gasteiger charge is 2.28. The summed E-state index contributed by atoms with van der Waals surface area (Å²) < 4.78 is 0. The Morgan fingerprint density at radius 2 is 2.00 bits per heavy atom. The molecule has 0 aliphatic carbocycles. The molecule has 0 spiro atoms. The summed E-state index contributed by atoms with van der Waals surface area (Å²) in [6.45, 7) is 2.93. The van der Waals surface area contributed by atoms with Gasteiger partial charge in [0, 0.05) is 13.0 Å². The molecule has 26 heavy (non-hydrogen) atoms. The lowest BCUT2D eigenvalue weighted by Crippen LogP contribution is -2.32. The molecule has 140 valence electrons. The summed E-state index contributed by atoms with van der Waals surface area (Å²) in [6, 6.07) is 7.18. The summed E-state index contributed by atoms with van der Waals surface area (Å²) in [4.78, 5) is 25.0. The molecule has 1 aromatic rings. The number of carbonyl (C=O) groups is 2. The summed E-state index contributed by atoms with van der Waals surface area (Å²) in [7, 11) is 0. The van der Waals surface area contributed by atoms with Gasteiger partial charge in [0.2, 0.25) is 5.91 Å². The Kier molecular flexibility index (Phi) is 8.13. The number of aromatic carboxylic acids is 1. The minimum atomic E-state index is -0.905. The van der Waals surface area contributed by atoms with E-state index in [9.17, 15) is 9.59 Å². The van der Waals surface area contributed by atoms with Gasteiger partial charge in [-0.15, -0.1) is 0 Å². The van der Waals surface area contributed by atoms with Gasteiger partial charge in [0.05, 0.1) is 11.6 Å². The third kappa shape index (κ3) is 6.17. The standard InChI is InChI=1S/C22H29NO3/c1-2-3-4-5-6-7-10-20-15-16-21(24)23(20)17-8-9-18-11-13-19(14-12-18)22(25)26/h5-7,10-14,20H,2-4,8-9,15-17H2,1H3,(H,25,26)/t20-/m0/s1. The molecule has 1 atom stereocenters. The number of hydrogen-bond donors (Lipinski definition) is 1. The van der Waals surface area contributed by atoms with E-state index in [0.717, 1.165) is 37.8 Å². The van der Waals surface area contributed by atoms with Crippen molar-refractivity contribution in [1.82, 2.24) is 4.90 Å². The number of unbranched alkanes of at least 4 members (excludes halogenated alkanes) is 2. The Labute approximate surface area is 156 Å². The van der Waals surface area contributed by atoms with Crippen molar-refractivity contribution in [1.29, 1.82) is 0 Å². The average Bonchev–Trinajstić information content (AvgIpc) is 2.98. The van der Waals surface area contributed by atoms with Gasteiger partial charge in [0.1, 0.15) is 0 Å². The van der Waals surface area contributed by atoms with E-state index in [-0.39, 0.29) is 11.9 Å². The van der Waals surface area contributed by atoms with Gasteiger partial charge in [-0.25, -0.2) is 4.79 Å². The van der Waals surface area contributed by atoms with Crippen LogP contribution in [0.3, 0.4) is 0 Å². The largest absolute Gasteiger partial charge is 0.478 e. The van der Waals surface area contributed by atoms with Crippen molar-refractivity contribution in [2.75, 3.05) is 6.54 Å². The van der Waals surface area contributed by atoms with Crippen LogP contribution in [0.4, 0.5) is 0 Å². The van der Waals surface area contributed by atoms with E-state index in [1.807, 2.05) is 17.0 Å². The van der Waals surface area contributed by atoms with Crippen LogP contribution in [0.5, 0.6) is 0 Å². The number of rotatable bonds is 10. The zero-order valence-electron chi connectivity index (χ0n) is 15.6. The van der Waals surface area contributed by atoms with Crippen LogP contribution in [0.2, 0.25) is 0 Å². The van der Waals surface area contributed by atoms with E-state index in [1.165, 1.54) is 12.8 Å². The fourth-order valence-corrected chi connectivity index (χ4v) is 3.20. The summed E-state index contributed by atoms with van der Waals surface area (Å²) in [5.74, 6) is -0.673. The lowest BCUT2D eigenvalue weighted by atomic mass is 10.1. The number of amides is 1. The molecule has 1 fully saturated rings. The molecule has 1 saturated heterocycles. The molecule has 4 heteroatoms. The molecular weight excluding hydrogens is 326 g/mol. The zero-order valence-corrected chi connectivity index (χ0v) is 15.6. The van der Waals surface area contributed by atoms with Gasteiger partial charge in [0.25, 0.3) is 0 Å². The second kappa shape index (κ2) is 10.6. The van der Waals surface area contributed by atoms with E-state index in [4.69, 9.17) is 5.11 Å². The highest BCUT2D eigenvalue weighted by atomic mass is 16.4. The maximum Gasteiger partial charge on any atom is 0.335 e. The number of hydrogen-bond acceptors (Lipinski definition) is 2. The summed E-state index contributed by atoms with van der Waals surface area (Å²) in [5, 5.41) is 8.93. The third-order valence-corrected chi connectivity index (χ3v) is 4.74. The first-order valence-electron chi connectivity index (χ1n) is 9.57. The molecule has 0 unspecified atom stereocenters. The molecule has 1 aliphatic heterocycles. The Balaban J connectivity index is 1.80. The highest BCUT2D eigenvalue weighted by molar-refractivity contribution is 5.87. The maximum absolute atomic E-state index is 12.1. The predicted molar refractivity (Wildman–Crippen MR) is 104 cm³/mol. The van der Waals surface area contributed by atoms with E-state index in [1.54, 1.807) is 12.1 Å². The second-order valence-electron chi connectivity index (χ2n) is 6.75. The predicted octanol–water partition coefficient (Wildman–Crippen LogP) is 4.61. The second-order valence-corrected chi connectivity index (χ2v) is 6.75. The van der Waals surface area contributed by atoms with Crippen molar-refractivity contribution in [2.24, 2.45) is 0 Å². The number of carboxylic acids is 1. The monoisotopic (exact) mass is 355 g/mol. The smallest absolute Gasteiger partial charge is 0.335 e. The fraction of sp³-hybridized carbons (Fsp3) is 0.455. The van der Waals surface area contributed by atoms with Crippen molar-refractivity contribution >= 4 is 11.9 Å². The van der Waals surface area contributed by atoms with Crippen molar-refractivity contribution in [3.63, 3.8) is 0 Å². The summed E-state index contributed by atoms with van der Waals surface area (Å²) in [5.41, 5.74) is 1.41. The zero-order chi connectivity index (χ0) is 18.8. The van der Waals surface area contributed by atoms with Crippen LogP contribution in [-0.2, 0) is 11.2 Å². The first-order valence-corrected chi connectivity index (χ1v) is 9.57. The highest BCUT2D eigenvalue weighted by Crippen LogP contribution is 2.20. The normalized spacial score (nSPS) is 17.7. The number of benzene rings is 1. The van der Waals surface area contributed by atoms with Crippen molar-refractivity contribution in [3.8, 4) is 0 Å². The number of nitrogens with zero attached hydrogens (tertiary/aromatic N) is 1. The minimum Gasteiger partial charge on any atom is -0.478 e. The van der Waals surface area contributed by atoms with Gasteiger partial charge < -0.3 is 10.0 Å². The Bertz CT molecular complexity index is 646. The van der Waals surface area contributed by atoms with Crippen LogP contribution >= 0.6 is 0 Å². The Hall–Kier alpha value is -2.36. The molecule has 1 aliphatic rings. The average molecular weight is 355 g/mol. The SMILES string of the molecule is CCCCC=CC=C[C@H]1CCC(=O)N1CCCc1ccc(C(=O)O)cc1. The summed E-state index contributed by atoms with van der Waals surface area (Å²) in [6.07, 6.45) is 15.2. The van der Waals surface area contributed by atoms with Crippen LogP contribution in [-0.4, -0.2) is 34.5 Å². The number of carboxylic acid groups (broad SMARTS) is 1. The van der Waals surface area contributed by atoms with Gasteiger partial charge >= 0.3 is 5.97 Å². The third-order valence-electron chi connectivity index (χ3n) is 4.74. The van der Waals surface area contributed by atoms with Crippen LogP contribution in [0.25, 0.3) is 0 Å². The van der Waals surface area contributed by atoms with E-state index >= 15 is 0 Å². The molecule has 1 amide bonds. The van der Waals surface area contributed by atoms with Gasteiger partial charge in [-0.1, -0.05) is 56.2 Å². The minimum absolute atomic E-state index is 0.202. The van der Waals surface area contributed by atoms with E-state index < -0.39 is 5.97 Å². The quantitative estimate of drug-likeness (QED) is 0.492. The molecule has 4 nitrogen and oxygen atoms in total. The number of likely N-dealkylation sites (tertiary alicyclic amines) is 1. The van der Waals surface area contributed by atoms with Crippen LogP contribution in [0.15, 0.2) is 48.6 Å². The maximum atomic E-state index is 12.1. The van der Waals surface area contributed by atoms with Crippen molar-refractivity contribution in [3.05, 3.63) is 59.7 Å². The lowest BCUT2D eigenvalue weighted by molar-refractivity contribution is -0.128. The number of aryl methyl sites for hydroxylation is 1. The first-order chi connectivity index (χ1) is 12.6. The number of allylic oxidation sites excluding steroid dienone is 3. The van der Waals surface area contributed by atoms with E-state index in [2.05, 4.69) is 31.2 Å². The van der Waals surface area contributed by atoms with Crippen LogP contribution in [0.1, 0.15) is 61.4 Å². The molecule has 0 aromatic heterocycles. The van der Waals surface area contributed by atoms with Crippen molar-refractivity contribution < 1.29 is 14.7 Å². The molecule has 0 radical (unpaired) electrons. The van der Waals surface area contributed by atoms with Crippen LogP contribution in [0, 0.1) is 0 Å². The number of carbonyl (C=O) groups excluding carboxylic acids is 1. The summed E-state index contributed by atoms with van der Waals surface area (Å²) >= 11 is 0. The molecule has 2 rings (SSSR count). The fourth-order valence-electron chi connectivity index (χ4n) is 3.20. The van der Waals surface area contributed by atoms with Gasteiger partial charge in [-0.3, -0.25) is 4.79 Å². The van der Waals surface area contributed by atoms with Crippen molar-refractivity contribution in [2.45, 2.75) is 57.9 Å². The van der Waals surface area contributed by atoms with Crippen LogP contribution < -0.4 is 0 Å². The molecule has 0 bridgehead atoms. The molecule has 1 heterocycles. The van der Waals surface area contributed by atoms with Gasteiger partial charge in [-0.05, 0) is 43.4 Å². The van der Waals surface area contributed by atoms with Gasteiger partial charge in [-0.2, -0.15) is 0 Å². The van der Waals surface area contributed by atoms with E-state index in [0.29, 0.717) is 12.0 Å². The molecule has 0 saturated carbocycles. The topological polar surface area (TPSA) is 57.6 Å². The molecule has 1 aromatic carbocycles.